The van der Waals surface area contributed by atoms with Crippen LogP contribution in [0.15, 0.2) is 24.3 Å². The van der Waals surface area contributed by atoms with Crippen molar-refractivity contribution in [3.8, 4) is 11.8 Å². The second kappa shape index (κ2) is 7.74. The average Bonchev–Trinajstić information content (AvgIpc) is 2.42. The number of nitrogens with one attached hydrogen (secondary N) is 2. The molecule has 0 radical (unpaired) electrons. The van der Waals surface area contributed by atoms with Crippen LogP contribution in [0, 0.1) is 11.3 Å². The first-order valence-electron chi connectivity index (χ1n) is 5.78. The SMILES string of the molecule is CNS(=O)(=O)CCNCc1cccc(OCC#N)c1. The minimum Gasteiger partial charge on any atom is -0.479 e. The predicted octanol–water partition coefficient (Wildman–Crippen LogP) is 0.228. The van der Waals surface area contributed by atoms with Crippen molar-refractivity contribution in [1.29, 1.82) is 5.26 Å². The maximum atomic E-state index is 11.2. The number of hydrogen-bond donors (Lipinski definition) is 2. The third kappa shape index (κ3) is 6.20. The molecule has 0 aromatic heterocycles. The van der Waals surface area contributed by atoms with Gasteiger partial charge in [0.05, 0.1) is 5.75 Å². The Balaban J connectivity index is 2.39. The Morgan fingerprint density at radius 2 is 2.21 bits per heavy atom. The molecule has 1 aromatic carbocycles. The molecule has 0 saturated carbocycles. The molecule has 0 amide bonds. The Kier molecular flexibility index (Phi) is 6.29. The summed E-state index contributed by atoms with van der Waals surface area (Å²) in [6, 6.07) is 9.22. The van der Waals surface area contributed by atoms with E-state index >= 15 is 0 Å². The fraction of sp³-hybridized carbons (Fsp3) is 0.417. The van der Waals surface area contributed by atoms with Gasteiger partial charge in [-0.05, 0) is 24.7 Å². The van der Waals surface area contributed by atoms with E-state index in [4.69, 9.17) is 10.00 Å². The quantitative estimate of drug-likeness (QED) is 0.666. The standard InChI is InChI=1S/C12H17N3O3S/c1-14-19(16,17)8-6-15-10-11-3-2-4-12(9-11)18-7-5-13/h2-4,9,14-15H,6-8,10H2,1H3. The number of nitriles is 1. The van der Waals surface area contributed by atoms with Crippen molar-refractivity contribution >= 4 is 10.0 Å². The van der Waals surface area contributed by atoms with Crippen molar-refractivity contribution in [3.05, 3.63) is 29.8 Å². The van der Waals surface area contributed by atoms with Gasteiger partial charge in [0.2, 0.25) is 10.0 Å². The summed E-state index contributed by atoms with van der Waals surface area (Å²) in [7, 11) is -1.77. The fourth-order valence-electron chi connectivity index (χ4n) is 1.40. The zero-order chi connectivity index (χ0) is 14.1. The second-order valence-electron chi connectivity index (χ2n) is 3.79. The molecule has 0 atom stereocenters. The molecule has 0 bridgehead atoms. The van der Waals surface area contributed by atoms with Gasteiger partial charge in [0.15, 0.2) is 6.61 Å². The molecule has 0 aliphatic carbocycles. The summed E-state index contributed by atoms with van der Waals surface area (Å²) in [6.07, 6.45) is 0. The third-order valence-corrected chi connectivity index (χ3v) is 3.75. The monoisotopic (exact) mass is 283 g/mol. The Hall–Kier alpha value is -1.62. The number of sulfonamides is 1. The van der Waals surface area contributed by atoms with Gasteiger partial charge < -0.3 is 10.1 Å². The summed E-state index contributed by atoms with van der Waals surface area (Å²) in [6.45, 7) is 0.923. The summed E-state index contributed by atoms with van der Waals surface area (Å²) < 4.78 is 29.8. The van der Waals surface area contributed by atoms with Gasteiger partial charge in [0.1, 0.15) is 11.8 Å². The number of rotatable bonds is 8. The van der Waals surface area contributed by atoms with E-state index in [9.17, 15) is 8.42 Å². The zero-order valence-corrected chi connectivity index (χ0v) is 11.5. The zero-order valence-electron chi connectivity index (χ0n) is 10.7. The average molecular weight is 283 g/mol. The van der Waals surface area contributed by atoms with E-state index in [1.54, 1.807) is 6.07 Å². The van der Waals surface area contributed by atoms with Crippen LogP contribution in [0.5, 0.6) is 5.75 Å². The highest BCUT2D eigenvalue weighted by Crippen LogP contribution is 2.12. The highest BCUT2D eigenvalue weighted by Gasteiger charge is 2.05. The summed E-state index contributed by atoms with van der Waals surface area (Å²) in [5.74, 6) is 0.664. The van der Waals surface area contributed by atoms with Crippen LogP contribution >= 0.6 is 0 Å². The van der Waals surface area contributed by atoms with Gasteiger partial charge >= 0.3 is 0 Å². The second-order valence-corrected chi connectivity index (χ2v) is 5.84. The van der Waals surface area contributed by atoms with Crippen LogP contribution in [0.1, 0.15) is 5.56 Å². The lowest BCUT2D eigenvalue weighted by atomic mass is 10.2. The first kappa shape index (κ1) is 15.4. The van der Waals surface area contributed by atoms with Crippen LogP contribution < -0.4 is 14.8 Å². The molecule has 0 aliphatic rings. The first-order valence-corrected chi connectivity index (χ1v) is 7.43. The Morgan fingerprint density at radius 1 is 1.42 bits per heavy atom. The molecule has 6 nitrogen and oxygen atoms in total. The predicted molar refractivity (Wildman–Crippen MR) is 72.1 cm³/mol. The van der Waals surface area contributed by atoms with Crippen LogP contribution in [0.25, 0.3) is 0 Å². The van der Waals surface area contributed by atoms with Crippen molar-refractivity contribution in [1.82, 2.24) is 10.0 Å². The molecule has 0 saturated heterocycles. The van der Waals surface area contributed by atoms with Gasteiger partial charge in [0, 0.05) is 13.1 Å². The minimum atomic E-state index is -3.17. The molecule has 0 unspecified atom stereocenters. The molecule has 7 heteroatoms. The van der Waals surface area contributed by atoms with Crippen molar-refractivity contribution in [3.63, 3.8) is 0 Å². The molecule has 1 aromatic rings. The summed E-state index contributed by atoms with van der Waals surface area (Å²) in [5.41, 5.74) is 0.970. The van der Waals surface area contributed by atoms with E-state index in [-0.39, 0.29) is 12.4 Å². The maximum Gasteiger partial charge on any atom is 0.212 e. The smallest absolute Gasteiger partial charge is 0.212 e. The normalized spacial score (nSPS) is 10.9. The molecule has 19 heavy (non-hydrogen) atoms. The Bertz CT molecular complexity index is 537. The first-order chi connectivity index (χ1) is 9.07. The van der Waals surface area contributed by atoms with Gasteiger partial charge in [-0.2, -0.15) is 5.26 Å². The van der Waals surface area contributed by atoms with E-state index in [1.165, 1.54) is 7.05 Å². The van der Waals surface area contributed by atoms with Gasteiger partial charge in [-0.3, -0.25) is 0 Å². The Labute approximate surface area is 113 Å². The third-order valence-electron chi connectivity index (χ3n) is 2.39. The molecule has 0 fully saturated rings. The molecule has 0 spiro atoms. The van der Waals surface area contributed by atoms with Crippen LogP contribution in [0.3, 0.4) is 0 Å². The molecule has 1 rings (SSSR count). The molecular weight excluding hydrogens is 266 g/mol. The lowest BCUT2D eigenvalue weighted by molar-refractivity contribution is 0.367. The van der Waals surface area contributed by atoms with Gasteiger partial charge in [0.25, 0.3) is 0 Å². The van der Waals surface area contributed by atoms with E-state index in [2.05, 4.69) is 10.0 Å². The van der Waals surface area contributed by atoms with E-state index < -0.39 is 10.0 Å². The summed E-state index contributed by atoms with van der Waals surface area (Å²) in [5, 5.41) is 11.5. The van der Waals surface area contributed by atoms with Crippen LogP contribution in [-0.2, 0) is 16.6 Å². The van der Waals surface area contributed by atoms with Crippen molar-refractivity contribution in [2.45, 2.75) is 6.54 Å². The lowest BCUT2D eigenvalue weighted by Crippen LogP contribution is -2.29. The fourth-order valence-corrected chi connectivity index (χ4v) is 2.02. The summed E-state index contributed by atoms with van der Waals surface area (Å²) in [4.78, 5) is 0. The Morgan fingerprint density at radius 3 is 2.89 bits per heavy atom. The number of ether oxygens (including phenoxy) is 1. The highest BCUT2D eigenvalue weighted by molar-refractivity contribution is 7.89. The largest absolute Gasteiger partial charge is 0.479 e. The van der Waals surface area contributed by atoms with Gasteiger partial charge in [-0.25, -0.2) is 13.1 Å². The molecular formula is C12H17N3O3S. The minimum absolute atomic E-state index is 0.0112. The van der Waals surface area contributed by atoms with Crippen LogP contribution in [0.2, 0.25) is 0 Å². The summed E-state index contributed by atoms with van der Waals surface area (Å²) >= 11 is 0. The van der Waals surface area contributed by atoms with Gasteiger partial charge in [-0.15, -0.1) is 0 Å². The van der Waals surface area contributed by atoms with E-state index in [0.29, 0.717) is 18.8 Å². The molecule has 0 heterocycles. The van der Waals surface area contributed by atoms with Crippen molar-refractivity contribution in [2.75, 3.05) is 26.0 Å². The lowest BCUT2D eigenvalue weighted by Gasteiger charge is -2.07. The van der Waals surface area contributed by atoms with Crippen LogP contribution in [0.4, 0.5) is 0 Å². The topological polar surface area (TPSA) is 91.2 Å². The van der Waals surface area contributed by atoms with Crippen molar-refractivity contribution < 1.29 is 13.2 Å². The van der Waals surface area contributed by atoms with E-state index in [1.807, 2.05) is 24.3 Å². The van der Waals surface area contributed by atoms with Crippen LogP contribution in [-0.4, -0.2) is 34.4 Å². The molecule has 104 valence electrons. The number of benzene rings is 1. The molecule has 0 aliphatic heterocycles. The number of nitrogens with zero attached hydrogens (tertiary/aromatic N) is 1. The number of hydrogen-bond acceptors (Lipinski definition) is 5. The van der Waals surface area contributed by atoms with E-state index in [0.717, 1.165) is 5.56 Å². The van der Waals surface area contributed by atoms with Gasteiger partial charge in [-0.1, -0.05) is 12.1 Å². The molecule has 2 N–H and O–H groups in total. The highest BCUT2D eigenvalue weighted by atomic mass is 32.2. The van der Waals surface area contributed by atoms with Crippen molar-refractivity contribution in [2.24, 2.45) is 0 Å². The maximum absolute atomic E-state index is 11.2.